The Hall–Kier alpha value is -0.220. The number of nitrogens with zero attached hydrogens (tertiary/aromatic N) is 1. The smallest absolute Gasteiger partial charge is 0.278 e. The van der Waals surface area contributed by atoms with Crippen LogP contribution in [0, 0.1) is 0 Å². The summed E-state index contributed by atoms with van der Waals surface area (Å²) in [6, 6.07) is 0. The molecule has 0 radical (unpaired) electrons. The van der Waals surface area contributed by atoms with E-state index in [0.29, 0.717) is 0 Å². The van der Waals surface area contributed by atoms with Crippen molar-refractivity contribution in [3.05, 3.63) is 0 Å². The number of nitrogens with two attached hydrogens (primary N) is 1. The van der Waals surface area contributed by atoms with Crippen LogP contribution in [0.15, 0.2) is 0 Å². The summed E-state index contributed by atoms with van der Waals surface area (Å²) in [5.41, 5.74) is 4.93. The van der Waals surface area contributed by atoms with Gasteiger partial charge in [0.2, 0.25) is 0 Å². The fourth-order valence-electron chi connectivity index (χ4n) is 0.274. The molecule has 9 heavy (non-hydrogen) atoms. The van der Waals surface area contributed by atoms with Gasteiger partial charge in [0.05, 0.1) is 5.37 Å². The Morgan fingerprint density at radius 1 is 1.67 bits per heavy atom. The van der Waals surface area contributed by atoms with Crippen LogP contribution >= 0.6 is 11.8 Å². The molecule has 0 saturated heterocycles. The van der Waals surface area contributed by atoms with E-state index < -0.39 is 0 Å². The average molecular weight is 148 g/mol. The van der Waals surface area contributed by atoms with Crippen molar-refractivity contribution >= 4 is 17.0 Å². The quantitative estimate of drug-likeness (QED) is 0.586. The minimum atomic E-state index is -0.323. The zero-order valence-electron chi connectivity index (χ0n) is 5.92. The van der Waals surface area contributed by atoms with E-state index in [9.17, 15) is 4.79 Å². The summed E-state index contributed by atoms with van der Waals surface area (Å²) in [5.74, 6) is 0. The maximum absolute atomic E-state index is 10.3. The Morgan fingerprint density at radius 2 is 2.11 bits per heavy atom. The molecule has 0 saturated carbocycles. The molecule has 2 N–H and O–H groups in total. The lowest BCUT2D eigenvalue weighted by molar-refractivity contribution is 0.266. The van der Waals surface area contributed by atoms with Gasteiger partial charge in [0.1, 0.15) is 0 Å². The number of carbonyl (C=O) groups is 1. The molecule has 1 amide bonds. The van der Waals surface area contributed by atoms with Crippen molar-refractivity contribution < 1.29 is 4.79 Å². The predicted molar refractivity (Wildman–Crippen MR) is 40.3 cm³/mol. The molecule has 0 aliphatic rings. The number of carbonyl (C=O) groups excluding carboxylic acids is 1. The Bertz CT molecular complexity index is 105. The van der Waals surface area contributed by atoms with Gasteiger partial charge in [0, 0.05) is 0 Å². The molecule has 0 fully saturated rings. The van der Waals surface area contributed by atoms with Crippen molar-refractivity contribution in [3.63, 3.8) is 0 Å². The van der Waals surface area contributed by atoms with Crippen molar-refractivity contribution in [2.45, 2.75) is 12.3 Å². The molecule has 54 valence electrons. The van der Waals surface area contributed by atoms with Gasteiger partial charge in [-0.05, 0) is 32.8 Å². The van der Waals surface area contributed by atoms with E-state index >= 15 is 0 Å². The van der Waals surface area contributed by atoms with Gasteiger partial charge in [-0.15, -0.1) is 0 Å². The zero-order chi connectivity index (χ0) is 7.44. The van der Waals surface area contributed by atoms with Gasteiger partial charge in [0.25, 0.3) is 5.24 Å². The second-order valence-electron chi connectivity index (χ2n) is 2.00. The van der Waals surface area contributed by atoms with Crippen LogP contribution < -0.4 is 5.73 Å². The third-order valence-electron chi connectivity index (χ3n) is 1.01. The highest BCUT2D eigenvalue weighted by atomic mass is 32.2. The number of primary amides is 1. The molecule has 0 heterocycles. The molecule has 0 aliphatic heterocycles. The Kier molecular flexibility index (Phi) is 3.65. The molecule has 3 nitrogen and oxygen atoms in total. The van der Waals surface area contributed by atoms with E-state index in [1.165, 1.54) is 0 Å². The van der Waals surface area contributed by atoms with E-state index in [-0.39, 0.29) is 10.6 Å². The number of rotatable bonds is 2. The highest BCUT2D eigenvalue weighted by Crippen LogP contribution is 2.10. The van der Waals surface area contributed by atoms with Gasteiger partial charge in [0.15, 0.2) is 0 Å². The molecule has 0 rings (SSSR count). The Labute approximate surface area is 59.6 Å². The first-order valence-corrected chi connectivity index (χ1v) is 3.54. The number of hydrogen-bond donors (Lipinski definition) is 1. The minimum Gasteiger partial charge on any atom is -0.360 e. The van der Waals surface area contributed by atoms with Gasteiger partial charge in [-0.1, -0.05) is 0 Å². The molecule has 0 bridgehead atoms. The standard InChI is InChI=1S/C5H12N2OS/c1-4(7(2)3)9-5(6)8/h4H,1-3H3,(H2,6,8). The molecule has 1 unspecified atom stereocenters. The summed E-state index contributed by atoms with van der Waals surface area (Å²) < 4.78 is 0. The van der Waals surface area contributed by atoms with Crippen LogP contribution in [0.3, 0.4) is 0 Å². The topological polar surface area (TPSA) is 46.3 Å². The van der Waals surface area contributed by atoms with Gasteiger partial charge in [-0.3, -0.25) is 9.69 Å². The lowest BCUT2D eigenvalue weighted by atomic mass is 10.7. The monoisotopic (exact) mass is 148 g/mol. The van der Waals surface area contributed by atoms with Crippen LogP contribution in [-0.4, -0.2) is 29.6 Å². The molecule has 4 heteroatoms. The van der Waals surface area contributed by atoms with E-state index in [0.717, 1.165) is 11.8 Å². The molecule has 1 atom stereocenters. The minimum absolute atomic E-state index is 0.169. The van der Waals surface area contributed by atoms with Crippen LogP contribution in [0.1, 0.15) is 6.92 Å². The van der Waals surface area contributed by atoms with E-state index in [2.05, 4.69) is 0 Å². The van der Waals surface area contributed by atoms with Crippen molar-refractivity contribution in [2.75, 3.05) is 14.1 Å². The molecular formula is C5H12N2OS. The van der Waals surface area contributed by atoms with Crippen LogP contribution in [0.2, 0.25) is 0 Å². The van der Waals surface area contributed by atoms with E-state index in [4.69, 9.17) is 5.73 Å². The maximum Gasteiger partial charge on any atom is 0.278 e. The largest absolute Gasteiger partial charge is 0.360 e. The normalized spacial score (nSPS) is 13.8. The number of hydrogen-bond acceptors (Lipinski definition) is 3. The van der Waals surface area contributed by atoms with Crippen molar-refractivity contribution in [1.82, 2.24) is 4.90 Å². The lowest BCUT2D eigenvalue weighted by Gasteiger charge is -2.16. The average Bonchev–Trinajstić information content (AvgIpc) is 1.63. The summed E-state index contributed by atoms with van der Waals surface area (Å²) in [6.07, 6.45) is 0. The number of amides is 1. The summed E-state index contributed by atoms with van der Waals surface area (Å²) in [4.78, 5) is 12.2. The maximum atomic E-state index is 10.3. The highest BCUT2D eigenvalue weighted by molar-refractivity contribution is 8.13. The van der Waals surface area contributed by atoms with Gasteiger partial charge in [-0.25, -0.2) is 0 Å². The second kappa shape index (κ2) is 3.74. The van der Waals surface area contributed by atoms with E-state index in [1.807, 2.05) is 25.9 Å². The first-order chi connectivity index (χ1) is 4.04. The fraction of sp³-hybridized carbons (Fsp3) is 0.800. The summed E-state index contributed by atoms with van der Waals surface area (Å²) in [6.45, 7) is 1.93. The van der Waals surface area contributed by atoms with E-state index in [1.54, 1.807) is 0 Å². The Balaban J connectivity index is 3.50. The third kappa shape index (κ3) is 4.29. The lowest BCUT2D eigenvalue weighted by Crippen LogP contribution is -2.24. The summed E-state index contributed by atoms with van der Waals surface area (Å²) >= 11 is 1.13. The van der Waals surface area contributed by atoms with Crippen molar-refractivity contribution in [1.29, 1.82) is 0 Å². The first-order valence-electron chi connectivity index (χ1n) is 2.66. The zero-order valence-corrected chi connectivity index (χ0v) is 6.73. The SMILES string of the molecule is CC(SC(N)=O)N(C)C. The first kappa shape index (κ1) is 8.78. The predicted octanol–water partition coefficient (Wildman–Crippen LogP) is 0.706. The Morgan fingerprint density at radius 3 is 2.22 bits per heavy atom. The highest BCUT2D eigenvalue weighted by Gasteiger charge is 2.07. The second-order valence-corrected chi connectivity index (χ2v) is 3.32. The van der Waals surface area contributed by atoms with Crippen LogP contribution in [0.4, 0.5) is 4.79 Å². The molecule has 0 aliphatic carbocycles. The summed E-state index contributed by atoms with van der Waals surface area (Å²) in [5, 5.41) is -0.154. The summed E-state index contributed by atoms with van der Waals surface area (Å²) in [7, 11) is 3.81. The van der Waals surface area contributed by atoms with Gasteiger partial charge < -0.3 is 5.73 Å². The molecule has 0 aromatic heterocycles. The molecule has 0 spiro atoms. The molecule has 0 aromatic carbocycles. The van der Waals surface area contributed by atoms with Gasteiger partial charge >= 0.3 is 0 Å². The van der Waals surface area contributed by atoms with Crippen LogP contribution in [0.25, 0.3) is 0 Å². The molecule has 0 aromatic rings. The fourth-order valence-corrected chi connectivity index (χ4v) is 0.821. The van der Waals surface area contributed by atoms with Crippen molar-refractivity contribution in [2.24, 2.45) is 5.73 Å². The van der Waals surface area contributed by atoms with Crippen LogP contribution in [-0.2, 0) is 0 Å². The van der Waals surface area contributed by atoms with Gasteiger partial charge in [-0.2, -0.15) is 0 Å². The van der Waals surface area contributed by atoms with Crippen molar-refractivity contribution in [3.8, 4) is 0 Å². The van der Waals surface area contributed by atoms with Crippen LogP contribution in [0.5, 0.6) is 0 Å². The number of thioether (sulfide) groups is 1. The third-order valence-corrected chi connectivity index (χ3v) is 2.01. The molecular weight excluding hydrogens is 136 g/mol.